The van der Waals surface area contributed by atoms with E-state index in [1.165, 1.54) is 11.0 Å². The third-order valence-corrected chi connectivity index (χ3v) is 2.77. The van der Waals surface area contributed by atoms with Gasteiger partial charge in [0.1, 0.15) is 5.82 Å². The summed E-state index contributed by atoms with van der Waals surface area (Å²) < 4.78 is 13.4. The predicted octanol–water partition coefficient (Wildman–Crippen LogP) is 0.924. The molecular weight excluding hydrogens is 249 g/mol. The van der Waals surface area contributed by atoms with Crippen molar-refractivity contribution in [3.05, 3.63) is 29.1 Å². The van der Waals surface area contributed by atoms with E-state index in [-0.39, 0.29) is 30.1 Å². The minimum atomic E-state index is -0.519. The smallest absolute Gasteiger partial charge is 0.251 e. The molecule has 104 valence electrons. The van der Waals surface area contributed by atoms with Crippen molar-refractivity contribution < 1.29 is 14.0 Å². The van der Waals surface area contributed by atoms with Crippen molar-refractivity contribution in [1.82, 2.24) is 10.2 Å². The Balaban J connectivity index is 2.62. The summed E-state index contributed by atoms with van der Waals surface area (Å²) in [5, 5.41) is 2.55. The predicted molar refractivity (Wildman–Crippen MR) is 71.2 cm³/mol. The number of nitrogens with two attached hydrogens (primary N) is 1. The number of nitrogen functional groups attached to an aromatic ring is 1. The molecule has 0 saturated heterocycles. The Labute approximate surface area is 111 Å². The average molecular weight is 267 g/mol. The molecule has 0 unspecified atom stereocenters. The van der Waals surface area contributed by atoms with Crippen LogP contribution in [0.1, 0.15) is 22.3 Å². The second-order valence-electron chi connectivity index (χ2n) is 4.47. The quantitative estimate of drug-likeness (QED) is 0.797. The average Bonchev–Trinajstić information content (AvgIpc) is 2.34. The number of carbonyl (C=O) groups is 2. The number of nitrogens with zero attached hydrogens (tertiary/aromatic N) is 1. The van der Waals surface area contributed by atoms with Gasteiger partial charge in [-0.1, -0.05) is 0 Å². The lowest BCUT2D eigenvalue weighted by Crippen LogP contribution is -2.30. The first kappa shape index (κ1) is 14.9. The van der Waals surface area contributed by atoms with Gasteiger partial charge in [0.15, 0.2) is 0 Å². The third kappa shape index (κ3) is 3.94. The minimum Gasteiger partial charge on any atom is -0.398 e. The zero-order valence-electron chi connectivity index (χ0n) is 11.3. The van der Waals surface area contributed by atoms with Crippen LogP contribution in [0.15, 0.2) is 12.1 Å². The van der Waals surface area contributed by atoms with Crippen molar-refractivity contribution in [3.8, 4) is 0 Å². The molecule has 0 aromatic heterocycles. The van der Waals surface area contributed by atoms with Gasteiger partial charge in [-0.25, -0.2) is 4.39 Å². The van der Waals surface area contributed by atoms with E-state index in [2.05, 4.69) is 5.32 Å². The van der Waals surface area contributed by atoms with Crippen molar-refractivity contribution >= 4 is 17.5 Å². The molecule has 2 amide bonds. The van der Waals surface area contributed by atoms with Gasteiger partial charge in [-0.3, -0.25) is 9.59 Å². The SMILES string of the molecule is Cc1c(N)cc(C(=O)NCCC(=O)N(C)C)cc1F. The highest BCUT2D eigenvalue weighted by molar-refractivity contribution is 5.95. The van der Waals surface area contributed by atoms with Crippen LogP contribution in [0, 0.1) is 12.7 Å². The first-order valence-electron chi connectivity index (χ1n) is 5.87. The van der Waals surface area contributed by atoms with Crippen LogP contribution in [0.5, 0.6) is 0 Å². The molecule has 1 rings (SSSR count). The molecule has 0 aliphatic rings. The summed E-state index contributed by atoms with van der Waals surface area (Å²) in [7, 11) is 3.28. The van der Waals surface area contributed by atoms with Crippen molar-refractivity contribution in [2.24, 2.45) is 0 Å². The van der Waals surface area contributed by atoms with Crippen LogP contribution in [-0.4, -0.2) is 37.4 Å². The number of hydrogen-bond donors (Lipinski definition) is 2. The van der Waals surface area contributed by atoms with Crippen LogP contribution in [0.2, 0.25) is 0 Å². The summed E-state index contributed by atoms with van der Waals surface area (Å²) in [5.74, 6) is -1.05. The van der Waals surface area contributed by atoms with E-state index in [0.29, 0.717) is 5.56 Å². The Bertz CT molecular complexity index is 478. The number of carbonyl (C=O) groups excluding carboxylic acids is 2. The largest absolute Gasteiger partial charge is 0.398 e. The fourth-order valence-electron chi connectivity index (χ4n) is 1.44. The Morgan fingerprint density at radius 2 is 2.00 bits per heavy atom. The third-order valence-electron chi connectivity index (χ3n) is 2.77. The van der Waals surface area contributed by atoms with Crippen molar-refractivity contribution in [2.75, 3.05) is 26.4 Å². The molecule has 0 aliphatic heterocycles. The van der Waals surface area contributed by atoms with E-state index in [0.717, 1.165) is 6.07 Å². The normalized spacial score (nSPS) is 10.1. The van der Waals surface area contributed by atoms with Gasteiger partial charge in [0, 0.05) is 43.9 Å². The number of rotatable bonds is 4. The molecule has 5 nitrogen and oxygen atoms in total. The minimum absolute atomic E-state index is 0.0881. The molecule has 1 aromatic carbocycles. The summed E-state index contributed by atoms with van der Waals surface area (Å²) in [6.45, 7) is 1.74. The molecule has 0 atom stereocenters. The molecule has 3 N–H and O–H groups in total. The lowest BCUT2D eigenvalue weighted by Gasteiger charge is -2.11. The lowest BCUT2D eigenvalue weighted by molar-refractivity contribution is -0.128. The van der Waals surface area contributed by atoms with Gasteiger partial charge >= 0.3 is 0 Å². The van der Waals surface area contributed by atoms with Crippen molar-refractivity contribution in [3.63, 3.8) is 0 Å². The van der Waals surface area contributed by atoms with E-state index in [4.69, 9.17) is 5.73 Å². The fraction of sp³-hybridized carbons (Fsp3) is 0.385. The van der Waals surface area contributed by atoms with Gasteiger partial charge in [-0.05, 0) is 19.1 Å². The zero-order valence-corrected chi connectivity index (χ0v) is 11.3. The number of benzene rings is 1. The number of amides is 2. The van der Waals surface area contributed by atoms with Gasteiger partial charge in [-0.15, -0.1) is 0 Å². The maximum Gasteiger partial charge on any atom is 0.251 e. The monoisotopic (exact) mass is 267 g/mol. The van der Waals surface area contributed by atoms with E-state index in [1.807, 2.05) is 0 Å². The summed E-state index contributed by atoms with van der Waals surface area (Å²) in [6.07, 6.45) is 0.197. The van der Waals surface area contributed by atoms with E-state index in [1.54, 1.807) is 21.0 Å². The zero-order chi connectivity index (χ0) is 14.6. The molecule has 0 saturated carbocycles. The second-order valence-corrected chi connectivity index (χ2v) is 4.47. The lowest BCUT2D eigenvalue weighted by atomic mass is 10.1. The highest BCUT2D eigenvalue weighted by atomic mass is 19.1. The van der Waals surface area contributed by atoms with Gasteiger partial charge in [-0.2, -0.15) is 0 Å². The van der Waals surface area contributed by atoms with Crippen molar-refractivity contribution in [1.29, 1.82) is 0 Å². The van der Waals surface area contributed by atoms with Gasteiger partial charge in [0.05, 0.1) is 0 Å². The molecule has 6 heteroatoms. The highest BCUT2D eigenvalue weighted by Gasteiger charge is 2.11. The van der Waals surface area contributed by atoms with Crippen LogP contribution < -0.4 is 11.1 Å². The maximum absolute atomic E-state index is 13.4. The highest BCUT2D eigenvalue weighted by Crippen LogP contribution is 2.17. The van der Waals surface area contributed by atoms with Crippen molar-refractivity contribution in [2.45, 2.75) is 13.3 Å². The number of nitrogens with one attached hydrogen (secondary N) is 1. The summed E-state index contributed by atoms with van der Waals surface area (Å²) in [5.41, 5.74) is 6.30. The molecule has 19 heavy (non-hydrogen) atoms. The Kier molecular flexibility index (Phi) is 4.86. The van der Waals surface area contributed by atoms with Crippen LogP contribution in [0.25, 0.3) is 0 Å². The fourth-order valence-corrected chi connectivity index (χ4v) is 1.44. The van der Waals surface area contributed by atoms with Gasteiger partial charge in [0.2, 0.25) is 5.91 Å². The van der Waals surface area contributed by atoms with E-state index < -0.39 is 11.7 Å². The van der Waals surface area contributed by atoms with E-state index >= 15 is 0 Å². The molecule has 0 spiro atoms. The second kappa shape index (κ2) is 6.17. The van der Waals surface area contributed by atoms with Crippen LogP contribution in [0.3, 0.4) is 0 Å². The Morgan fingerprint density at radius 1 is 1.37 bits per heavy atom. The standard InChI is InChI=1S/C13H18FN3O2/c1-8-10(14)6-9(7-11(8)15)13(19)16-5-4-12(18)17(2)3/h6-7H,4-5,15H2,1-3H3,(H,16,19). The van der Waals surface area contributed by atoms with Gasteiger partial charge < -0.3 is 16.0 Å². The van der Waals surface area contributed by atoms with E-state index in [9.17, 15) is 14.0 Å². The van der Waals surface area contributed by atoms with Gasteiger partial charge in [0.25, 0.3) is 5.91 Å². The van der Waals surface area contributed by atoms with Crippen LogP contribution in [-0.2, 0) is 4.79 Å². The molecular formula is C13H18FN3O2. The molecule has 0 heterocycles. The number of hydrogen-bond acceptors (Lipinski definition) is 3. The molecule has 0 radical (unpaired) electrons. The number of halogens is 1. The number of anilines is 1. The maximum atomic E-state index is 13.4. The molecule has 0 bridgehead atoms. The first-order chi connectivity index (χ1) is 8.82. The topological polar surface area (TPSA) is 75.4 Å². The Morgan fingerprint density at radius 3 is 2.53 bits per heavy atom. The van der Waals surface area contributed by atoms with Crippen LogP contribution in [0.4, 0.5) is 10.1 Å². The molecule has 0 aliphatic carbocycles. The summed E-state index contributed by atoms with van der Waals surface area (Å²) in [4.78, 5) is 24.5. The molecule has 0 fully saturated rings. The first-order valence-corrected chi connectivity index (χ1v) is 5.87. The molecule has 1 aromatic rings. The van der Waals surface area contributed by atoms with Crippen LogP contribution >= 0.6 is 0 Å². The Hall–Kier alpha value is -2.11. The summed E-state index contributed by atoms with van der Waals surface area (Å²) in [6, 6.07) is 2.55. The summed E-state index contributed by atoms with van der Waals surface area (Å²) >= 11 is 0.